The summed E-state index contributed by atoms with van der Waals surface area (Å²) < 4.78 is 33.3. The molecule has 2 heterocycles. The molecule has 0 N–H and O–H groups in total. The fraction of sp³-hybridized carbons (Fsp3) is 0.353. The normalized spacial score (nSPS) is 11.6. The molecule has 3 aromatic rings. The number of aromatic nitrogens is 4. The average molecular weight is 367 g/mol. The van der Waals surface area contributed by atoms with Gasteiger partial charge in [0.05, 0.1) is 5.56 Å². The van der Waals surface area contributed by atoms with Gasteiger partial charge in [0.15, 0.2) is 11.5 Å². The molecule has 0 atom stereocenters. The van der Waals surface area contributed by atoms with Crippen molar-refractivity contribution in [2.75, 3.05) is 0 Å². The summed E-state index contributed by atoms with van der Waals surface area (Å²) in [6.07, 6.45) is -0.993. The van der Waals surface area contributed by atoms with E-state index in [1.807, 2.05) is 32.0 Å². The van der Waals surface area contributed by atoms with Gasteiger partial charge in [0.2, 0.25) is 0 Å². The van der Waals surface area contributed by atoms with Crippen molar-refractivity contribution in [2.24, 2.45) is 5.92 Å². The summed E-state index contributed by atoms with van der Waals surface area (Å²) in [5.41, 5.74) is 0.637. The summed E-state index contributed by atoms with van der Waals surface area (Å²) in [6.45, 7) is 4.50. The Labute approximate surface area is 148 Å². The summed E-state index contributed by atoms with van der Waals surface area (Å²) in [4.78, 5) is 4.21. The molecular formula is C17H17ClF2N4O. The second-order valence-corrected chi connectivity index (χ2v) is 6.54. The first kappa shape index (κ1) is 17.5. The van der Waals surface area contributed by atoms with Crippen molar-refractivity contribution in [3.8, 4) is 11.6 Å². The minimum Gasteiger partial charge on any atom is -0.332 e. The summed E-state index contributed by atoms with van der Waals surface area (Å²) in [7, 11) is 0. The molecule has 0 aliphatic carbocycles. The van der Waals surface area contributed by atoms with Gasteiger partial charge in [-0.1, -0.05) is 48.8 Å². The molecule has 2 aromatic heterocycles. The fourth-order valence-corrected chi connectivity index (χ4v) is 2.67. The summed E-state index contributed by atoms with van der Waals surface area (Å²) in [5, 5.41) is 8.64. The van der Waals surface area contributed by atoms with Gasteiger partial charge >= 0.3 is 0 Å². The van der Waals surface area contributed by atoms with Crippen LogP contribution in [0.4, 0.5) is 8.78 Å². The number of rotatable bonds is 6. The van der Waals surface area contributed by atoms with Crippen LogP contribution in [0.25, 0.3) is 11.6 Å². The number of benzene rings is 1. The second-order valence-electron chi connectivity index (χ2n) is 6.13. The Morgan fingerprint density at radius 3 is 2.68 bits per heavy atom. The van der Waals surface area contributed by atoms with Gasteiger partial charge in [-0.05, 0) is 17.5 Å². The quantitative estimate of drug-likeness (QED) is 0.630. The van der Waals surface area contributed by atoms with E-state index < -0.39 is 6.43 Å². The maximum atomic E-state index is 13.3. The van der Waals surface area contributed by atoms with E-state index in [-0.39, 0.29) is 23.1 Å². The van der Waals surface area contributed by atoms with Crippen LogP contribution < -0.4 is 0 Å². The van der Waals surface area contributed by atoms with Gasteiger partial charge in [0, 0.05) is 24.2 Å². The van der Waals surface area contributed by atoms with Crippen LogP contribution in [0.15, 0.2) is 35.0 Å². The molecular weight excluding hydrogens is 350 g/mol. The van der Waals surface area contributed by atoms with Gasteiger partial charge in [-0.15, -0.1) is 0 Å². The zero-order chi connectivity index (χ0) is 18.0. The van der Waals surface area contributed by atoms with E-state index in [0.717, 1.165) is 5.56 Å². The predicted octanol–water partition coefficient (Wildman–Crippen LogP) is 4.77. The minimum atomic E-state index is -2.67. The Morgan fingerprint density at radius 2 is 2.00 bits per heavy atom. The monoisotopic (exact) mass is 366 g/mol. The molecule has 5 nitrogen and oxygen atoms in total. The Morgan fingerprint density at radius 1 is 1.24 bits per heavy atom. The van der Waals surface area contributed by atoms with Crippen molar-refractivity contribution >= 4 is 11.6 Å². The third kappa shape index (κ3) is 4.04. The highest BCUT2D eigenvalue weighted by Gasteiger charge is 2.24. The Bertz CT molecular complexity index is 860. The van der Waals surface area contributed by atoms with Gasteiger partial charge in [-0.3, -0.25) is 4.68 Å². The summed E-state index contributed by atoms with van der Waals surface area (Å²) >= 11 is 6.12. The van der Waals surface area contributed by atoms with Crippen LogP contribution in [0.1, 0.15) is 37.2 Å². The van der Waals surface area contributed by atoms with Gasteiger partial charge < -0.3 is 4.52 Å². The van der Waals surface area contributed by atoms with Crippen LogP contribution in [0.3, 0.4) is 0 Å². The Balaban J connectivity index is 1.89. The lowest BCUT2D eigenvalue weighted by molar-refractivity contribution is 0.151. The number of hydrogen-bond donors (Lipinski definition) is 0. The van der Waals surface area contributed by atoms with Crippen LogP contribution in [0.2, 0.25) is 5.02 Å². The lowest BCUT2D eigenvalue weighted by Crippen LogP contribution is -2.04. The number of alkyl halides is 2. The zero-order valence-corrected chi connectivity index (χ0v) is 14.5. The molecule has 0 aliphatic heterocycles. The average Bonchev–Trinajstić information content (AvgIpc) is 3.16. The molecule has 132 valence electrons. The van der Waals surface area contributed by atoms with Gasteiger partial charge in [0.25, 0.3) is 12.3 Å². The highest BCUT2D eigenvalue weighted by molar-refractivity contribution is 6.31. The van der Waals surface area contributed by atoms with E-state index in [1.165, 1.54) is 10.9 Å². The van der Waals surface area contributed by atoms with Gasteiger partial charge in [0.1, 0.15) is 0 Å². The molecule has 0 radical (unpaired) electrons. The standard InChI is InChI=1S/C17H17ClF2N4O/c1-10(2)8-24-9-12(16(19)20)15(22-24)17-21-14(23-25-17)7-11-5-3-4-6-13(11)18/h3-6,9-10,16H,7-8H2,1-2H3. The fourth-order valence-electron chi connectivity index (χ4n) is 2.46. The van der Waals surface area contributed by atoms with Gasteiger partial charge in [-0.25, -0.2) is 8.78 Å². The molecule has 0 unspecified atom stereocenters. The van der Waals surface area contributed by atoms with Crippen molar-refractivity contribution in [3.05, 3.63) is 52.4 Å². The molecule has 0 saturated heterocycles. The number of hydrogen-bond acceptors (Lipinski definition) is 4. The molecule has 0 aliphatic rings. The van der Waals surface area contributed by atoms with Crippen LogP contribution in [-0.2, 0) is 13.0 Å². The number of nitrogens with zero attached hydrogens (tertiary/aromatic N) is 4. The molecule has 0 spiro atoms. The third-order valence-corrected chi connectivity index (χ3v) is 3.92. The molecule has 0 fully saturated rings. The number of halogens is 3. The van der Waals surface area contributed by atoms with Gasteiger partial charge in [-0.2, -0.15) is 10.1 Å². The van der Waals surface area contributed by atoms with E-state index in [0.29, 0.717) is 23.8 Å². The van der Waals surface area contributed by atoms with Crippen LogP contribution in [0.5, 0.6) is 0 Å². The molecule has 25 heavy (non-hydrogen) atoms. The maximum absolute atomic E-state index is 13.3. The lowest BCUT2D eigenvalue weighted by Gasteiger charge is -2.03. The molecule has 0 amide bonds. The SMILES string of the molecule is CC(C)Cn1cc(C(F)F)c(-c2nc(Cc3ccccc3Cl)no2)n1. The molecule has 8 heteroatoms. The zero-order valence-electron chi connectivity index (χ0n) is 13.8. The predicted molar refractivity (Wildman–Crippen MR) is 89.6 cm³/mol. The van der Waals surface area contributed by atoms with Crippen LogP contribution >= 0.6 is 11.6 Å². The van der Waals surface area contributed by atoms with Crippen molar-refractivity contribution in [2.45, 2.75) is 33.2 Å². The van der Waals surface area contributed by atoms with Crippen molar-refractivity contribution in [1.82, 2.24) is 19.9 Å². The van der Waals surface area contributed by atoms with Crippen LogP contribution in [-0.4, -0.2) is 19.9 Å². The van der Waals surface area contributed by atoms with E-state index in [9.17, 15) is 8.78 Å². The smallest absolute Gasteiger partial charge is 0.278 e. The van der Waals surface area contributed by atoms with E-state index >= 15 is 0 Å². The Hall–Kier alpha value is -2.28. The van der Waals surface area contributed by atoms with Crippen molar-refractivity contribution < 1.29 is 13.3 Å². The summed E-state index contributed by atoms with van der Waals surface area (Å²) in [5.74, 6) is 0.623. The van der Waals surface area contributed by atoms with Crippen molar-refractivity contribution in [3.63, 3.8) is 0 Å². The first-order chi connectivity index (χ1) is 11.9. The topological polar surface area (TPSA) is 56.7 Å². The highest BCUT2D eigenvalue weighted by Crippen LogP contribution is 2.29. The largest absolute Gasteiger partial charge is 0.332 e. The first-order valence-electron chi connectivity index (χ1n) is 7.86. The maximum Gasteiger partial charge on any atom is 0.278 e. The lowest BCUT2D eigenvalue weighted by atomic mass is 10.1. The minimum absolute atomic E-state index is 0.0140. The van der Waals surface area contributed by atoms with E-state index in [4.69, 9.17) is 16.1 Å². The van der Waals surface area contributed by atoms with E-state index in [1.54, 1.807) is 6.07 Å². The molecule has 0 saturated carbocycles. The summed E-state index contributed by atoms with van der Waals surface area (Å²) in [6, 6.07) is 7.29. The van der Waals surface area contributed by atoms with E-state index in [2.05, 4.69) is 15.2 Å². The molecule has 3 rings (SSSR count). The first-order valence-corrected chi connectivity index (χ1v) is 8.23. The highest BCUT2D eigenvalue weighted by atomic mass is 35.5. The molecule has 0 bridgehead atoms. The Kier molecular flexibility index (Phi) is 5.13. The third-order valence-electron chi connectivity index (χ3n) is 3.55. The second kappa shape index (κ2) is 7.31. The molecule has 1 aromatic carbocycles. The van der Waals surface area contributed by atoms with Crippen LogP contribution in [0, 0.1) is 5.92 Å². The van der Waals surface area contributed by atoms with Crippen molar-refractivity contribution in [1.29, 1.82) is 0 Å².